The SMILES string of the molecule is CCOC(=O)c1nnn(CCCC(=O)N(C)C)c1C(F)F. The summed E-state index contributed by atoms with van der Waals surface area (Å²) in [7, 11) is 3.22. The van der Waals surface area contributed by atoms with Crippen LogP contribution in [-0.4, -0.2) is 52.5 Å². The number of nitrogens with zero attached hydrogens (tertiary/aromatic N) is 4. The summed E-state index contributed by atoms with van der Waals surface area (Å²) >= 11 is 0. The Morgan fingerprint density at radius 1 is 1.38 bits per heavy atom. The second-order valence-corrected chi connectivity index (χ2v) is 4.46. The zero-order valence-corrected chi connectivity index (χ0v) is 12.2. The van der Waals surface area contributed by atoms with Crippen LogP contribution in [0, 0.1) is 0 Å². The van der Waals surface area contributed by atoms with E-state index in [1.54, 1.807) is 21.0 Å². The molecule has 0 bridgehead atoms. The highest BCUT2D eigenvalue weighted by Gasteiger charge is 2.27. The average Bonchev–Trinajstić information content (AvgIpc) is 2.82. The fourth-order valence-electron chi connectivity index (χ4n) is 1.65. The Bertz CT molecular complexity index is 503. The summed E-state index contributed by atoms with van der Waals surface area (Å²) in [5, 5.41) is 7.00. The lowest BCUT2D eigenvalue weighted by Crippen LogP contribution is -2.22. The average molecular weight is 304 g/mol. The zero-order chi connectivity index (χ0) is 16.0. The molecule has 9 heteroatoms. The highest BCUT2D eigenvalue weighted by molar-refractivity contribution is 5.88. The summed E-state index contributed by atoms with van der Waals surface area (Å²) < 4.78 is 31.7. The van der Waals surface area contributed by atoms with E-state index >= 15 is 0 Å². The van der Waals surface area contributed by atoms with Gasteiger partial charge in [-0.1, -0.05) is 5.21 Å². The molecule has 1 amide bonds. The number of amides is 1. The van der Waals surface area contributed by atoms with Crippen molar-refractivity contribution in [1.29, 1.82) is 0 Å². The quantitative estimate of drug-likeness (QED) is 0.709. The predicted molar refractivity (Wildman–Crippen MR) is 68.9 cm³/mol. The third-order valence-electron chi connectivity index (χ3n) is 2.71. The Labute approximate surface area is 120 Å². The number of esters is 1. The van der Waals surface area contributed by atoms with Gasteiger partial charge in [0.05, 0.1) is 6.61 Å². The van der Waals surface area contributed by atoms with Crippen LogP contribution in [0.1, 0.15) is 42.4 Å². The smallest absolute Gasteiger partial charge is 0.361 e. The molecular formula is C12H18F2N4O3. The number of rotatable bonds is 7. The molecule has 118 valence electrons. The third-order valence-corrected chi connectivity index (χ3v) is 2.71. The van der Waals surface area contributed by atoms with E-state index in [0.717, 1.165) is 4.68 Å². The van der Waals surface area contributed by atoms with Gasteiger partial charge < -0.3 is 9.64 Å². The molecule has 0 spiro atoms. The lowest BCUT2D eigenvalue weighted by molar-refractivity contribution is -0.128. The number of hydrogen-bond acceptors (Lipinski definition) is 5. The molecule has 0 saturated heterocycles. The summed E-state index contributed by atoms with van der Waals surface area (Å²) in [5.74, 6) is -1.04. The second kappa shape index (κ2) is 7.65. The standard InChI is InChI=1S/C12H18F2N4O3/c1-4-21-12(20)9-10(11(13)14)18(16-15-9)7-5-6-8(19)17(2)3/h11H,4-7H2,1-3H3. The number of carbonyl (C=O) groups excluding carboxylic acids is 2. The van der Waals surface area contributed by atoms with Gasteiger partial charge in [-0.25, -0.2) is 18.3 Å². The first kappa shape index (κ1) is 17.0. The molecule has 0 aliphatic carbocycles. The lowest BCUT2D eigenvalue weighted by Gasteiger charge is -2.10. The molecule has 1 heterocycles. The Kier molecular flexibility index (Phi) is 6.19. The Hall–Kier alpha value is -2.06. The van der Waals surface area contributed by atoms with Gasteiger partial charge in [0, 0.05) is 27.1 Å². The number of hydrogen-bond donors (Lipinski definition) is 0. The molecule has 21 heavy (non-hydrogen) atoms. The minimum atomic E-state index is -2.90. The number of alkyl halides is 2. The molecule has 0 aliphatic heterocycles. The molecule has 1 aromatic rings. The Morgan fingerprint density at radius 3 is 2.57 bits per heavy atom. The molecular weight excluding hydrogens is 286 g/mol. The molecule has 0 atom stereocenters. The van der Waals surface area contributed by atoms with Gasteiger partial charge in [-0.15, -0.1) is 5.10 Å². The summed E-state index contributed by atoms with van der Waals surface area (Å²) in [6.07, 6.45) is -2.38. The van der Waals surface area contributed by atoms with E-state index in [1.165, 1.54) is 4.90 Å². The van der Waals surface area contributed by atoms with Crippen LogP contribution in [0.15, 0.2) is 0 Å². The van der Waals surface area contributed by atoms with Crippen molar-refractivity contribution in [3.05, 3.63) is 11.4 Å². The largest absolute Gasteiger partial charge is 0.461 e. The van der Waals surface area contributed by atoms with Crippen LogP contribution >= 0.6 is 0 Å². The van der Waals surface area contributed by atoms with Gasteiger partial charge in [-0.3, -0.25) is 4.79 Å². The minimum Gasteiger partial charge on any atom is -0.461 e. The van der Waals surface area contributed by atoms with Gasteiger partial charge in [0.25, 0.3) is 6.43 Å². The first-order valence-electron chi connectivity index (χ1n) is 6.47. The van der Waals surface area contributed by atoms with Crippen LogP contribution in [0.3, 0.4) is 0 Å². The summed E-state index contributed by atoms with van der Waals surface area (Å²) in [5.41, 5.74) is -1.06. The highest BCUT2D eigenvalue weighted by Crippen LogP contribution is 2.22. The normalized spacial score (nSPS) is 10.8. The van der Waals surface area contributed by atoms with Gasteiger partial charge in [-0.2, -0.15) is 0 Å². The van der Waals surface area contributed by atoms with Crippen molar-refractivity contribution in [3.8, 4) is 0 Å². The van der Waals surface area contributed by atoms with Crippen LogP contribution in [0.2, 0.25) is 0 Å². The van der Waals surface area contributed by atoms with E-state index in [9.17, 15) is 18.4 Å². The van der Waals surface area contributed by atoms with Crippen molar-refractivity contribution in [3.63, 3.8) is 0 Å². The van der Waals surface area contributed by atoms with Crippen LogP contribution in [0.5, 0.6) is 0 Å². The van der Waals surface area contributed by atoms with Gasteiger partial charge in [0.2, 0.25) is 5.91 Å². The maximum absolute atomic E-state index is 13.1. The zero-order valence-electron chi connectivity index (χ0n) is 12.2. The van der Waals surface area contributed by atoms with E-state index in [2.05, 4.69) is 15.0 Å². The fourth-order valence-corrected chi connectivity index (χ4v) is 1.65. The molecule has 0 fully saturated rings. The van der Waals surface area contributed by atoms with Crippen molar-refractivity contribution in [1.82, 2.24) is 19.9 Å². The fraction of sp³-hybridized carbons (Fsp3) is 0.667. The maximum Gasteiger partial charge on any atom is 0.361 e. The van der Waals surface area contributed by atoms with E-state index in [-0.39, 0.29) is 25.5 Å². The summed E-state index contributed by atoms with van der Waals surface area (Å²) in [6.45, 7) is 1.70. The van der Waals surface area contributed by atoms with Crippen LogP contribution in [0.4, 0.5) is 8.78 Å². The maximum atomic E-state index is 13.1. The third kappa shape index (κ3) is 4.47. The van der Waals surface area contributed by atoms with E-state index in [0.29, 0.717) is 6.42 Å². The molecule has 0 aliphatic rings. The molecule has 1 rings (SSSR count). The Morgan fingerprint density at radius 2 is 2.05 bits per heavy atom. The first-order valence-corrected chi connectivity index (χ1v) is 6.47. The number of halogens is 2. The molecule has 0 aromatic carbocycles. The molecule has 0 saturated carbocycles. The van der Waals surface area contributed by atoms with Gasteiger partial charge >= 0.3 is 5.97 Å². The molecule has 0 radical (unpaired) electrons. The summed E-state index contributed by atoms with van der Waals surface area (Å²) in [6, 6.07) is 0. The molecule has 1 aromatic heterocycles. The van der Waals surface area contributed by atoms with E-state index in [4.69, 9.17) is 0 Å². The van der Waals surface area contributed by atoms with Gasteiger partial charge in [-0.05, 0) is 13.3 Å². The van der Waals surface area contributed by atoms with Gasteiger partial charge in [0.1, 0.15) is 5.69 Å². The van der Waals surface area contributed by atoms with Crippen LogP contribution in [-0.2, 0) is 16.1 Å². The van der Waals surface area contributed by atoms with Crippen LogP contribution in [0.25, 0.3) is 0 Å². The van der Waals surface area contributed by atoms with Gasteiger partial charge in [0.15, 0.2) is 5.69 Å². The van der Waals surface area contributed by atoms with Crippen LogP contribution < -0.4 is 0 Å². The number of ether oxygens (including phenoxy) is 1. The first-order chi connectivity index (χ1) is 9.88. The van der Waals surface area contributed by atoms with Crippen molar-refractivity contribution < 1.29 is 23.1 Å². The molecule has 0 N–H and O–H groups in total. The van der Waals surface area contributed by atoms with Crippen molar-refractivity contribution in [2.24, 2.45) is 0 Å². The lowest BCUT2D eigenvalue weighted by atomic mass is 10.2. The molecule has 0 unspecified atom stereocenters. The van der Waals surface area contributed by atoms with Crippen molar-refractivity contribution >= 4 is 11.9 Å². The molecule has 7 nitrogen and oxygen atoms in total. The topological polar surface area (TPSA) is 77.3 Å². The predicted octanol–water partition coefficient (Wildman–Crippen LogP) is 1.26. The monoisotopic (exact) mass is 304 g/mol. The second-order valence-electron chi connectivity index (χ2n) is 4.46. The van der Waals surface area contributed by atoms with E-state index in [1.807, 2.05) is 0 Å². The number of aromatic nitrogens is 3. The summed E-state index contributed by atoms with van der Waals surface area (Å²) in [4.78, 5) is 24.3. The number of carbonyl (C=O) groups is 2. The number of aryl methyl sites for hydroxylation is 1. The Balaban J connectivity index is 2.79. The van der Waals surface area contributed by atoms with E-state index < -0.39 is 23.8 Å². The van der Waals surface area contributed by atoms with Crippen molar-refractivity contribution in [2.45, 2.75) is 32.7 Å². The minimum absolute atomic E-state index is 0.0612. The highest BCUT2D eigenvalue weighted by atomic mass is 19.3. The van der Waals surface area contributed by atoms with Crippen molar-refractivity contribution in [2.75, 3.05) is 20.7 Å².